The molecule has 66 valence electrons. The first kappa shape index (κ1) is 9.09. The van der Waals surface area contributed by atoms with Crippen LogP contribution in [-0.4, -0.2) is 0 Å². The van der Waals surface area contributed by atoms with Crippen LogP contribution in [0.3, 0.4) is 0 Å². The van der Waals surface area contributed by atoms with E-state index in [1.807, 2.05) is 0 Å². The summed E-state index contributed by atoms with van der Waals surface area (Å²) in [4.78, 5) is 0. The summed E-state index contributed by atoms with van der Waals surface area (Å²) >= 11 is 0. The molecule has 1 fully saturated rings. The second-order valence-electron chi connectivity index (χ2n) is 4.77. The summed E-state index contributed by atoms with van der Waals surface area (Å²) in [6, 6.07) is 0. The van der Waals surface area contributed by atoms with Gasteiger partial charge in [0.2, 0.25) is 0 Å². The molecule has 0 aromatic rings. The van der Waals surface area contributed by atoms with Crippen LogP contribution >= 0.6 is 0 Å². The van der Waals surface area contributed by atoms with Gasteiger partial charge in [-0.2, -0.15) is 0 Å². The van der Waals surface area contributed by atoms with Crippen molar-refractivity contribution in [3.63, 3.8) is 0 Å². The smallest absolute Gasteiger partial charge is 0.0386 e. The molecule has 1 rings (SSSR count). The topological polar surface area (TPSA) is 0 Å². The minimum atomic E-state index is 0.925. The molecule has 0 radical (unpaired) electrons. The van der Waals surface area contributed by atoms with Gasteiger partial charge < -0.3 is 0 Å². The molecule has 0 aliphatic heterocycles. The van der Waals surface area contributed by atoms with Crippen molar-refractivity contribution in [3.8, 4) is 0 Å². The average Bonchev–Trinajstić information content (AvgIpc) is 1.97. The van der Waals surface area contributed by atoms with Gasteiger partial charge in [-0.1, -0.05) is 34.6 Å². The summed E-state index contributed by atoms with van der Waals surface area (Å²) in [6.45, 7) is 12.1. The Kier molecular flexibility index (Phi) is 2.61. The van der Waals surface area contributed by atoms with Crippen molar-refractivity contribution >= 4 is 0 Å². The standard InChI is InChI=1S/C11H22/c1-7-6-8(2)10(4)11(5)9(7)3/h7-11H,6H2,1-5H3/t7-,8+,9-,10+,11?. The Balaban J connectivity index is 2.63. The van der Waals surface area contributed by atoms with Crippen molar-refractivity contribution in [2.45, 2.75) is 41.0 Å². The van der Waals surface area contributed by atoms with Gasteiger partial charge in [0.25, 0.3) is 0 Å². The molecule has 0 bridgehead atoms. The van der Waals surface area contributed by atoms with E-state index >= 15 is 0 Å². The lowest BCUT2D eigenvalue weighted by atomic mass is 9.65. The minimum absolute atomic E-state index is 0.925. The molecule has 0 nitrogen and oxygen atoms in total. The van der Waals surface area contributed by atoms with Crippen LogP contribution in [0.4, 0.5) is 0 Å². The van der Waals surface area contributed by atoms with E-state index in [0.717, 1.165) is 29.6 Å². The van der Waals surface area contributed by atoms with Crippen LogP contribution in [0.2, 0.25) is 0 Å². The van der Waals surface area contributed by atoms with Gasteiger partial charge in [0.15, 0.2) is 0 Å². The van der Waals surface area contributed by atoms with Crippen LogP contribution in [0.5, 0.6) is 0 Å². The highest BCUT2D eigenvalue weighted by Crippen LogP contribution is 2.41. The third-order valence-corrected chi connectivity index (χ3v) is 4.20. The highest BCUT2D eigenvalue weighted by atomic mass is 14.4. The summed E-state index contributed by atoms with van der Waals surface area (Å²) in [7, 11) is 0. The van der Waals surface area contributed by atoms with Gasteiger partial charge >= 0.3 is 0 Å². The fourth-order valence-electron chi connectivity index (χ4n) is 2.53. The summed E-state index contributed by atoms with van der Waals surface area (Å²) in [5.41, 5.74) is 0. The van der Waals surface area contributed by atoms with Crippen LogP contribution in [0.25, 0.3) is 0 Å². The van der Waals surface area contributed by atoms with E-state index in [-0.39, 0.29) is 0 Å². The monoisotopic (exact) mass is 154 g/mol. The van der Waals surface area contributed by atoms with Crippen LogP contribution in [0.1, 0.15) is 41.0 Å². The van der Waals surface area contributed by atoms with Crippen molar-refractivity contribution in [1.29, 1.82) is 0 Å². The maximum atomic E-state index is 2.42. The summed E-state index contributed by atoms with van der Waals surface area (Å²) in [5, 5.41) is 0. The molecule has 0 heterocycles. The predicted molar refractivity (Wildman–Crippen MR) is 50.4 cm³/mol. The summed E-state index contributed by atoms with van der Waals surface area (Å²) in [6.07, 6.45) is 1.44. The number of hydrogen-bond donors (Lipinski definition) is 0. The molecule has 1 aliphatic rings. The zero-order valence-corrected chi connectivity index (χ0v) is 8.59. The Morgan fingerprint density at radius 3 is 1.36 bits per heavy atom. The molecule has 0 saturated heterocycles. The second-order valence-corrected chi connectivity index (χ2v) is 4.77. The highest BCUT2D eigenvalue weighted by Gasteiger charge is 2.33. The maximum absolute atomic E-state index is 2.42. The van der Waals surface area contributed by atoms with Crippen molar-refractivity contribution in [3.05, 3.63) is 0 Å². The molecule has 1 saturated carbocycles. The molecule has 0 aromatic carbocycles. The first-order valence-corrected chi connectivity index (χ1v) is 5.04. The third kappa shape index (κ3) is 1.60. The molecule has 1 unspecified atom stereocenters. The van der Waals surface area contributed by atoms with Gasteiger partial charge in [0.1, 0.15) is 0 Å². The van der Waals surface area contributed by atoms with E-state index in [1.165, 1.54) is 6.42 Å². The Morgan fingerprint density at radius 1 is 0.636 bits per heavy atom. The summed E-state index contributed by atoms with van der Waals surface area (Å²) in [5.74, 6) is 4.67. The normalized spacial score (nSPS) is 52.6. The molecule has 0 amide bonds. The van der Waals surface area contributed by atoms with Gasteiger partial charge in [-0.05, 0) is 36.0 Å². The lowest BCUT2D eigenvalue weighted by Crippen LogP contribution is -2.33. The lowest BCUT2D eigenvalue weighted by Gasteiger charge is -2.41. The van der Waals surface area contributed by atoms with E-state index in [1.54, 1.807) is 0 Å². The Labute approximate surface area is 71.4 Å². The third-order valence-electron chi connectivity index (χ3n) is 4.20. The first-order valence-electron chi connectivity index (χ1n) is 5.04. The maximum Gasteiger partial charge on any atom is -0.0386 e. The molecular weight excluding hydrogens is 132 g/mol. The molecule has 0 heteroatoms. The van der Waals surface area contributed by atoms with Gasteiger partial charge in [-0.15, -0.1) is 0 Å². The average molecular weight is 154 g/mol. The van der Waals surface area contributed by atoms with E-state index in [9.17, 15) is 0 Å². The zero-order chi connectivity index (χ0) is 8.59. The first-order chi connectivity index (χ1) is 5.04. The fourth-order valence-corrected chi connectivity index (χ4v) is 2.53. The lowest BCUT2D eigenvalue weighted by molar-refractivity contribution is 0.0855. The van der Waals surface area contributed by atoms with Crippen LogP contribution in [0.15, 0.2) is 0 Å². The highest BCUT2D eigenvalue weighted by molar-refractivity contribution is 4.82. The Morgan fingerprint density at radius 2 is 1.00 bits per heavy atom. The molecule has 0 aromatic heterocycles. The van der Waals surface area contributed by atoms with Crippen molar-refractivity contribution < 1.29 is 0 Å². The van der Waals surface area contributed by atoms with Gasteiger partial charge in [-0.25, -0.2) is 0 Å². The SMILES string of the molecule is CC1[C@@H](C)[C@@H](C)C[C@@H](C)[C@H]1C. The molecular formula is C11H22. The van der Waals surface area contributed by atoms with E-state index in [4.69, 9.17) is 0 Å². The van der Waals surface area contributed by atoms with Gasteiger partial charge in [0, 0.05) is 0 Å². The Hall–Kier alpha value is 0. The molecule has 0 N–H and O–H groups in total. The van der Waals surface area contributed by atoms with Crippen molar-refractivity contribution in [1.82, 2.24) is 0 Å². The fraction of sp³-hybridized carbons (Fsp3) is 1.00. The quantitative estimate of drug-likeness (QED) is 0.500. The number of hydrogen-bond acceptors (Lipinski definition) is 0. The molecule has 5 atom stereocenters. The van der Waals surface area contributed by atoms with Crippen LogP contribution in [-0.2, 0) is 0 Å². The van der Waals surface area contributed by atoms with E-state index in [2.05, 4.69) is 34.6 Å². The van der Waals surface area contributed by atoms with E-state index < -0.39 is 0 Å². The molecule has 1 aliphatic carbocycles. The minimum Gasteiger partial charge on any atom is -0.0622 e. The van der Waals surface area contributed by atoms with Gasteiger partial charge in [-0.3, -0.25) is 0 Å². The molecule has 0 spiro atoms. The largest absolute Gasteiger partial charge is 0.0622 e. The van der Waals surface area contributed by atoms with Crippen LogP contribution in [0, 0.1) is 29.6 Å². The predicted octanol–water partition coefficient (Wildman–Crippen LogP) is 3.57. The Bertz CT molecular complexity index is 114. The van der Waals surface area contributed by atoms with E-state index in [0.29, 0.717) is 0 Å². The second kappa shape index (κ2) is 3.16. The van der Waals surface area contributed by atoms with Crippen LogP contribution < -0.4 is 0 Å². The summed E-state index contributed by atoms with van der Waals surface area (Å²) < 4.78 is 0. The van der Waals surface area contributed by atoms with Crippen molar-refractivity contribution in [2.24, 2.45) is 29.6 Å². The molecule has 11 heavy (non-hydrogen) atoms. The zero-order valence-electron chi connectivity index (χ0n) is 8.59. The number of rotatable bonds is 0. The van der Waals surface area contributed by atoms with Gasteiger partial charge in [0.05, 0.1) is 0 Å². The van der Waals surface area contributed by atoms with Crippen molar-refractivity contribution in [2.75, 3.05) is 0 Å².